The summed E-state index contributed by atoms with van der Waals surface area (Å²) in [7, 11) is 3.12. The molecule has 3 rings (SSSR count). The van der Waals surface area contributed by atoms with E-state index in [-0.39, 0.29) is 13.2 Å². The molecule has 0 fully saturated rings. The van der Waals surface area contributed by atoms with Gasteiger partial charge in [0.2, 0.25) is 0 Å². The minimum absolute atomic E-state index is 0.0373. The zero-order valence-electron chi connectivity index (χ0n) is 15.8. The van der Waals surface area contributed by atoms with Crippen molar-refractivity contribution >= 4 is 33.4 Å². The van der Waals surface area contributed by atoms with Gasteiger partial charge in [-0.05, 0) is 43.3 Å². The summed E-state index contributed by atoms with van der Waals surface area (Å²) in [5, 5.41) is 0. The van der Waals surface area contributed by atoms with Crippen molar-refractivity contribution in [2.75, 3.05) is 20.8 Å². The van der Waals surface area contributed by atoms with Gasteiger partial charge in [0.25, 0.3) is 5.91 Å². The SMILES string of the molecule is CCOC(=O)Cn1c(=NC(=O)c2cccc(OC)c2)sc2cc(OC)ccc21. The lowest BCUT2D eigenvalue weighted by molar-refractivity contribution is -0.143. The maximum absolute atomic E-state index is 12.7. The molecule has 0 aliphatic rings. The third kappa shape index (κ3) is 4.23. The standard InChI is InChI=1S/C20H20N2O5S/c1-4-27-18(23)12-22-16-9-8-15(26-3)11-17(16)28-20(22)21-19(24)13-6-5-7-14(10-13)25-2/h5-11H,4,12H2,1-3H3. The van der Waals surface area contributed by atoms with E-state index in [4.69, 9.17) is 14.2 Å². The average molecular weight is 400 g/mol. The number of thiazole rings is 1. The molecule has 1 heterocycles. The van der Waals surface area contributed by atoms with Gasteiger partial charge in [0.15, 0.2) is 4.80 Å². The number of fused-ring (bicyclic) bond motifs is 1. The van der Waals surface area contributed by atoms with Crippen molar-refractivity contribution in [1.82, 2.24) is 4.57 Å². The van der Waals surface area contributed by atoms with Crippen molar-refractivity contribution in [3.8, 4) is 11.5 Å². The number of hydrogen-bond donors (Lipinski definition) is 0. The van der Waals surface area contributed by atoms with Crippen molar-refractivity contribution in [3.63, 3.8) is 0 Å². The van der Waals surface area contributed by atoms with E-state index in [1.165, 1.54) is 18.4 Å². The van der Waals surface area contributed by atoms with Crippen LogP contribution in [0.2, 0.25) is 0 Å². The summed E-state index contributed by atoms with van der Waals surface area (Å²) in [5.41, 5.74) is 1.17. The minimum Gasteiger partial charge on any atom is -0.497 e. The number of ether oxygens (including phenoxy) is 3. The smallest absolute Gasteiger partial charge is 0.326 e. The number of methoxy groups -OCH3 is 2. The molecule has 3 aromatic rings. The molecule has 146 valence electrons. The zero-order chi connectivity index (χ0) is 20.1. The lowest BCUT2D eigenvalue weighted by Gasteiger charge is -2.06. The highest BCUT2D eigenvalue weighted by Crippen LogP contribution is 2.23. The number of hydrogen-bond acceptors (Lipinski definition) is 6. The topological polar surface area (TPSA) is 79.1 Å². The summed E-state index contributed by atoms with van der Waals surface area (Å²) >= 11 is 1.30. The van der Waals surface area contributed by atoms with Crippen LogP contribution in [-0.2, 0) is 16.1 Å². The summed E-state index contributed by atoms with van der Waals surface area (Å²) in [4.78, 5) is 29.4. The number of carbonyl (C=O) groups is 2. The molecule has 1 amide bonds. The van der Waals surface area contributed by atoms with Crippen LogP contribution in [0.1, 0.15) is 17.3 Å². The number of rotatable bonds is 6. The second kappa shape index (κ2) is 8.71. The molecule has 0 N–H and O–H groups in total. The quantitative estimate of drug-likeness (QED) is 0.594. The molecule has 0 atom stereocenters. The number of aromatic nitrogens is 1. The van der Waals surface area contributed by atoms with Gasteiger partial charge in [-0.1, -0.05) is 17.4 Å². The van der Waals surface area contributed by atoms with Crippen LogP contribution >= 0.6 is 11.3 Å². The fraction of sp³-hybridized carbons (Fsp3) is 0.250. The minimum atomic E-state index is -0.421. The predicted molar refractivity (Wildman–Crippen MR) is 106 cm³/mol. The van der Waals surface area contributed by atoms with Gasteiger partial charge < -0.3 is 18.8 Å². The fourth-order valence-electron chi connectivity index (χ4n) is 2.66. The van der Waals surface area contributed by atoms with Crippen LogP contribution in [0.5, 0.6) is 11.5 Å². The fourth-order valence-corrected chi connectivity index (χ4v) is 3.72. The summed E-state index contributed by atoms with van der Waals surface area (Å²) in [6, 6.07) is 12.2. The third-order valence-corrected chi connectivity index (χ3v) is 5.04. The highest BCUT2D eigenvalue weighted by molar-refractivity contribution is 7.16. The first-order valence-electron chi connectivity index (χ1n) is 8.61. The first-order valence-corrected chi connectivity index (χ1v) is 9.43. The molecule has 1 aromatic heterocycles. The van der Waals surface area contributed by atoms with Gasteiger partial charge in [-0.25, -0.2) is 0 Å². The van der Waals surface area contributed by atoms with Crippen LogP contribution in [0.15, 0.2) is 47.5 Å². The molecular weight excluding hydrogens is 380 g/mol. The Morgan fingerprint density at radius 1 is 1.07 bits per heavy atom. The van der Waals surface area contributed by atoms with Crippen molar-refractivity contribution in [1.29, 1.82) is 0 Å². The van der Waals surface area contributed by atoms with Crippen molar-refractivity contribution in [2.45, 2.75) is 13.5 Å². The van der Waals surface area contributed by atoms with Gasteiger partial charge in [-0.2, -0.15) is 4.99 Å². The van der Waals surface area contributed by atoms with Crippen molar-refractivity contribution in [2.24, 2.45) is 4.99 Å². The molecule has 7 nitrogen and oxygen atoms in total. The van der Waals surface area contributed by atoms with Gasteiger partial charge in [0.1, 0.15) is 18.0 Å². The Hall–Kier alpha value is -3.13. The lowest BCUT2D eigenvalue weighted by atomic mass is 10.2. The van der Waals surface area contributed by atoms with E-state index < -0.39 is 11.9 Å². The summed E-state index contributed by atoms with van der Waals surface area (Å²) < 4.78 is 18.0. The van der Waals surface area contributed by atoms with Crippen LogP contribution in [0.25, 0.3) is 10.2 Å². The zero-order valence-corrected chi connectivity index (χ0v) is 16.6. The second-order valence-electron chi connectivity index (χ2n) is 5.76. The Bertz CT molecular complexity index is 1080. The van der Waals surface area contributed by atoms with Gasteiger partial charge >= 0.3 is 5.97 Å². The van der Waals surface area contributed by atoms with E-state index in [0.29, 0.717) is 21.9 Å². The van der Waals surface area contributed by atoms with Gasteiger partial charge in [-0.3, -0.25) is 9.59 Å². The lowest BCUT2D eigenvalue weighted by Crippen LogP contribution is -2.23. The largest absolute Gasteiger partial charge is 0.497 e. The molecule has 0 unspecified atom stereocenters. The first-order chi connectivity index (χ1) is 13.5. The van der Waals surface area contributed by atoms with Gasteiger partial charge in [-0.15, -0.1) is 0 Å². The van der Waals surface area contributed by atoms with Crippen LogP contribution in [0.3, 0.4) is 0 Å². The summed E-state index contributed by atoms with van der Waals surface area (Å²) in [6.45, 7) is 1.99. The normalized spacial score (nSPS) is 11.5. The molecule has 0 saturated heterocycles. The molecule has 0 aliphatic carbocycles. The van der Waals surface area contributed by atoms with Crippen molar-refractivity contribution in [3.05, 3.63) is 52.8 Å². The summed E-state index contributed by atoms with van der Waals surface area (Å²) in [6.07, 6.45) is 0. The molecular formula is C20H20N2O5S. The predicted octanol–water partition coefficient (Wildman–Crippen LogP) is 3.02. The third-order valence-electron chi connectivity index (χ3n) is 4.00. The van der Waals surface area contributed by atoms with E-state index in [1.807, 2.05) is 12.1 Å². The molecule has 0 spiro atoms. The van der Waals surface area contributed by atoms with E-state index in [0.717, 1.165) is 10.2 Å². The van der Waals surface area contributed by atoms with E-state index in [1.54, 1.807) is 48.9 Å². The molecule has 0 bridgehead atoms. The Morgan fingerprint density at radius 3 is 2.54 bits per heavy atom. The second-order valence-corrected chi connectivity index (χ2v) is 6.77. The van der Waals surface area contributed by atoms with E-state index in [9.17, 15) is 9.59 Å². The van der Waals surface area contributed by atoms with E-state index in [2.05, 4.69) is 4.99 Å². The monoisotopic (exact) mass is 400 g/mol. The molecule has 28 heavy (non-hydrogen) atoms. The van der Waals surface area contributed by atoms with E-state index >= 15 is 0 Å². The Morgan fingerprint density at radius 2 is 1.82 bits per heavy atom. The molecule has 8 heteroatoms. The van der Waals surface area contributed by atoms with Crippen LogP contribution in [-0.4, -0.2) is 37.3 Å². The molecule has 2 aromatic carbocycles. The molecule has 0 aliphatic heterocycles. The van der Waals surface area contributed by atoms with Gasteiger partial charge in [0, 0.05) is 5.56 Å². The summed E-state index contributed by atoms with van der Waals surface area (Å²) in [5.74, 6) is 0.438. The van der Waals surface area contributed by atoms with Crippen LogP contribution < -0.4 is 14.3 Å². The Labute approximate surface area is 165 Å². The number of benzene rings is 2. The molecule has 0 radical (unpaired) electrons. The van der Waals surface area contributed by atoms with Crippen LogP contribution in [0.4, 0.5) is 0 Å². The molecule has 0 saturated carbocycles. The maximum atomic E-state index is 12.7. The van der Waals surface area contributed by atoms with Gasteiger partial charge in [0.05, 0.1) is 31.0 Å². The number of carbonyl (C=O) groups excluding carboxylic acids is 2. The number of esters is 1. The maximum Gasteiger partial charge on any atom is 0.326 e. The highest BCUT2D eigenvalue weighted by atomic mass is 32.1. The number of nitrogens with zero attached hydrogens (tertiary/aromatic N) is 2. The first kappa shape index (κ1) is 19.6. The van der Waals surface area contributed by atoms with Crippen molar-refractivity contribution < 1.29 is 23.8 Å². The number of amides is 1. The Balaban J connectivity index is 2.10. The van der Waals surface area contributed by atoms with Crippen LogP contribution in [0, 0.1) is 0 Å². The average Bonchev–Trinajstić information content (AvgIpc) is 3.04. The Kier molecular flexibility index (Phi) is 6.10. The highest BCUT2D eigenvalue weighted by Gasteiger charge is 2.14.